The van der Waals surface area contributed by atoms with Crippen LogP contribution in [-0.4, -0.2) is 29.2 Å². The van der Waals surface area contributed by atoms with Crippen LogP contribution in [0.1, 0.15) is 10.4 Å². The second kappa shape index (κ2) is 6.88. The predicted molar refractivity (Wildman–Crippen MR) is 76.2 cm³/mol. The van der Waals surface area contributed by atoms with Crippen LogP contribution >= 0.6 is 11.6 Å². The zero-order valence-electron chi connectivity index (χ0n) is 10.5. The van der Waals surface area contributed by atoms with Gasteiger partial charge >= 0.3 is 0 Å². The number of rotatable bonds is 5. The first-order valence-electron chi connectivity index (χ1n) is 5.95. The molecule has 2 N–H and O–H groups in total. The molecule has 1 aromatic carbocycles. The molecule has 1 amide bonds. The van der Waals surface area contributed by atoms with Gasteiger partial charge in [-0.05, 0) is 36.4 Å². The number of carbonyl (C=O) groups is 1. The maximum atomic E-state index is 12.0. The summed E-state index contributed by atoms with van der Waals surface area (Å²) in [6.07, 6.45) is 1.48. The number of benzene rings is 1. The summed E-state index contributed by atoms with van der Waals surface area (Å²) in [5.41, 5.74) is 1.07. The number of anilines is 1. The number of ether oxygens (including phenoxy) is 1. The van der Waals surface area contributed by atoms with Gasteiger partial charge in [0.2, 0.25) is 0 Å². The molecule has 0 bridgehead atoms. The zero-order chi connectivity index (χ0) is 14.4. The molecule has 0 fully saturated rings. The van der Waals surface area contributed by atoms with Crippen LogP contribution < -0.4 is 10.1 Å². The van der Waals surface area contributed by atoms with E-state index in [1.54, 1.807) is 30.3 Å². The van der Waals surface area contributed by atoms with Crippen molar-refractivity contribution < 1.29 is 14.6 Å². The lowest BCUT2D eigenvalue weighted by molar-refractivity contribution is 0.102. The van der Waals surface area contributed by atoms with Crippen molar-refractivity contribution in [2.45, 2.75) is 0 Å². The predicted octanol–water partition coefficient (Wildman–Crippen LogP) is 2.36. The fraction of sp³-hybridized carbons (Fsp3) is 0.143. The zero-order valence-corrected chi connectivity index (χ0v) is 11.3. The Hall–Kier alpha value is -2.11. The van der Waals surface area contributed by atoms with Gasteiger partial charge in [0.05, 0.1) is 6.61 Å². The third-order valence-corrected chi connectivity index (χ3v) is 2.67. The molecule has 0 saturated heterocycles. The van der Waals surface area contributed by atoms with Crippen LogP contribution in [0.25, 0.3) is 0 Å². The molecular formula is C14H13ClN2O3. The van der Waals surface area contributed by atoms with Crippen LogP contribution in [0.2, 0.25) is 5.15 Å². The Kier molecular flexibility index (Phi) is 4.92. The lowest BCUT2D eigenvalue weighted by Crippen LogP contribution is -2.12. The number of aliphatic hydroxyl groups excluding tert-OH is 1. The summed E-state index contributed by atoms with van der Waals surface area (Å²) in [4.78, 5) is 15.8. The molecule has 20 heavy (non-hydrogen) atoms. The van der Waals surface area contributed by atoms with Gasteiger partial charge in [-0.1, -0.05) is 11.6 Å². The Morgan fingerprint density at radius 2 is 2.05 bits per heavy atom. The van der Waals surface area contributed by atoms with E-state index in [9.17, 15) is 4.79 Å². The average Bonchev–Trinajstić information content (AvgIpc) is 2.46. The summed E-state index contributed by atoms with van der Waals surface area (Å²) in [5, 5.41) is 11.7. The fourth-order valence-corrected chi connectivity index (χ4v) is 1.72. The highest BCUT2D eigenvalue weighted by molar-refractivity contribution is 6.29. The number of hydrogen-bond donors (Lipinski definition) is 2. The largest absolute Gasteiger partial charge is 0.491 e. The van der Waals surface area contributed by atoms with Gasteiger partial charge in [0.1, 0.15) is 17.5 Å². The van der Waals surface area contributed by atoms with E-state index in [0.29, 0.717) is 17.0 Å². The van der Waals surface area contributed by atoms with Crippen molar-refractivity contribution >= 4 is 23.2 Å². The van der Waals surface area contributed by atoms with E-state index in [1.807, 2.05) is 0 Å². The lowest BCUT2D eigenvalue weighted by Gasteiger charge is -2.07. The molecule has 2 rings (SSSR count). The molecule has 0 radical (unpaired) electrons. The van der Waals surface area contributed by atoms with Gasteiger partial charge in [0.15, 0.2) is 0 Å². The minimum Gasteiger partial charge on any atom is -0.491 e. The van der Waals surface area contributed by atoms with E-state index in [2.05, 4.69) is 10.3 Å². The molecule has 0 spiro atoms. The number of hydrogen-bond acceptors (Lipinski definition) is 4. The van der Waals surface area contributed by atoms with Crippen molar-refractivity contribution in [2.75, 3.05) is 18.5 Å². The molecule has 2 aromatic rings. The van der Waals surface area contributed by atoms with Gasteiger partial charge < -0.3 is 15.2 Å². The van der Waals surface area contributed by atoms with Crippen molar-refractivity contribution in [1.82, 2.24) is 4.98 Å². The molecule has 0 unspecified atom stereocenters. The van der Waals surface area contributed by atoms with Crippen LogP contribution in [-0.2, 0) is 0 Å². The highest BCUT2D eigenvalue weighted by Gasteiger charge is 2.07. The Morgan fingerprint density at radius 3 is 2.70 bits per heavy atom. The number of carbonyl (C=O) groups excluding carboxylic acids is 1. The third kappa shape index (κ3) is 3.94. The van der Waals surface area contributed by atoms with Crippen LogP contribution in [0.15, 0.2) is 42.6 Å². The van der Waals surface area contributed by atoms with Crippen LogP contribution in [0.4, 0.5) is 5.69 Å². The third-order valence-electron chi connectivity index (χ3n) is 2.46. The van der Waals surface area contributed by atoms with Crippen molar-refractivity contribution in [3.63, 3.8) is 0 Å². The van der Waals surface area contributed by atoms with Gasteiger partial charge in [-0.2, -0.15) is 0 Å². The van der Waals surface area contributed by atoms with Crippen LogP contribution in [0, 0.1) is 0 Å². The molecule has 1 heterocycles. The number of aliphatic hydroxyl groups is 1. The maximum absolute atomic E-state index is 12.0. The topological polar surface area (TPSA) is 71.5 Å². The first kappa shape index (κ1) is 14.3. The molecule has 0 atom stereocenters. The van der Waals surface area contributed by atoms with E-state index in [-0.39, 0.29) is 24.3 Å². The second-order valence-corrected chi connectivity index (χ2v) is 4.31. The number of nitrogens with one attached hydrogen (secondary N) is 1. The normalized spacial score (nSPS) is 10.1. The summed E-state index contributed by atoms with van der Waals surface area (Å²) in [6.45, 7) is 0.197. The number of amides is 1. The highest BCUT2D eigenvalue weighted by atomic mass is 35.5. The average molecular weight is 293 g/mol. The molecule has 6 heteroatoms. The number of nitrogens with zero attached hydrogens (tertiary/aromatic N) is 1. The van der Waals surface area contributed by atoms with E-state index in [4.69, 9.17) is 21.4 Å². The minimum atomic E-state index is -0.265. The molecule has 104 valence electrons. The van der Waals surface area contributed by atoms with Gasteiger partial charge in [-0.3, -0.25) is 4.79 Å². The summed E-state index contributed by atoms with van der Waals surface area (Å²) < 4.78 is 5.23. The minimum absolute atomic E-state index is 0.0404. The van der Waals surface area contributed by atoms with Gasteiger partial charge in [-0.25, -0.2) is 4.98 Å². The van der Waals surface area contributed by atoms with Crippen molar-refractivity contribution in [3.8, 4) is 5.75 Å². The van der Waals surface area contributed by atoms with E-state index in [0.717, 1.165) is 0 Å². The quantitative estimate of drug-likeness (QED) is 0.830. The Balaban J connectivity index is 2.01. The van der Waals surface area contributed by atoms with Crippen molar-refractivity contribution in [1.29, 1.82) is 0 Å². The molecule has 1 aromatic heterocycles. The molecular weight excluding hydrogens is 280 g/mol. The summed E-state index contributed by atoms with van der Waals surface area (Å²) in [5.74, 6) is 0.363. The smallest absolute Gasteiger partial charge is 0.255 e. The van der Waals surface area contributed by atoms with Gasteiger partial charge in [0.25, 0.3) is 5.91 Å². The molecule has 0 aliphatic heterocycles. The number of aromatic nitrogens is 1. The molecule has 0 aliphatic carbocycles. The molecule has 0 aliphatic rings. The van der Waals surface area contributed by atoms with E-state index >= 15 is 0 Å². The van der Waals surface area contributed by atoms with Crippen LogP contribution in [0.5, 0.6) is 5.75 Å². The SMILES string of the molecule is O=C(Nc1ccc(OCCO)cc1)c1ccnc(Cl)c1. The first-order valence-corrected chi connectivity index (χ1v) is 6.33. The molecule has 5 nitrogen and oxygen atoms in total. The van der Waals surface area contributed by atoms with Gasteiger partial charge in [0, 0.05) is 17.4 Å². The van der Waals surface area contributed by atoms with Crippen LogP contribution in [0.3, 0.4) is 0 Å². The summed E-state index contributed by atoms with van der Waals surface area (Å²) >= 11 is 5.73. The second-order valence-electron chi connectivity index (χ2n) is 3.92. The van der Waals surface area contributed by atoms with Gasteiger partial charge in [-0.15, -0.1) is 0 Å². The first-order chi connectivity index (χ1) is 9.69. The Labute approximate surface area is 121 Å². The van der Waals surface area contributed by atoms with Crippen molar-refractivity contribution in [3.05, 3.63) is 53.3 Å². The number of halogens is 1. The highest BCUT2D eigenvalue weighted by Crippen LogP contribution is 2.17. The fourth-order valence-electron chi connectivity index (χ4n) is 1.54. The summed E-state index contributed by atoms with van der Waals surface area (Å²) in [6, 6.07) is 9.94. The maximum Gasteiger partial charge on any atom is 0.255 e. The number of pyridine rings is 1. The Bertz CT molecular complexity index is 587. The van der Waals surface area contributed by atoms with E-state index < -0.39 is 0 Å². The Morgan fingerprint density at radius 1 is 1.30 bits per heavy atom. The van der Waals surface area contributed by atoms with E-state index in [1.165, 1.54) is 12.3 Å². The van der Waals surface area contributed by atoms with Crippen molar-refractivity contribution in [2.24, 2.45) is 0 Å². The summed E-state index contributed by atoms with van der Waals surface area (Å²) in [7, 11) is 0. The monoisotopic (exact) mass is 292 g/mol. The standard InChI is InChI=1S/C14H13ClN2O3/c15-13-9-10(5-6-16-13)14(19)17-11-1-3-12(4-2-11)20-8-7-18/h1-6,9,18H,7-8H2,(H,17,19). The molecule has 0 saturated carbocycles. The lowest BCUT2D eigenvalue weighted by atomic mass is 10.2.